The van der Waals surface area contributed by atoms with Crippen molar-refractivity contribution in [2.75, 3.05) is 17.1 Å². The van der Waals surface area contributed by atoms with Gasteiger partial charge in [0.25, 0.3) is 0 Å². The van der Waals surface area contributed by atoms with E-state index in [9.17, 15) is 8.42 Å². The largest absolute Gasteiger partial charge is 0.326 e. The lowest BCUT2D eigenvalue weighted by atomic mass is 9.97. The van der Waals surface area contributed by atoms with Gasteiger partial charge in [0.2, 0.25) is 10.0 Å². The fourth-order valence-corrected chi connectivity index (χ4v) is 5.51. The second-order valence-corrected chi connectivity index (χ2v) is 11.2. The lowest BCUT2D eigenvalue weighted by molar-refractivity contribution is 0.587. The van der Waals surface area contributed by atoms with Gasteiger partial charge in [0.05, 0.1) is 29.4 Å². The summed E-state index contributed by atoms with van der Waals surface area (Å²) >= 11 is 0. The Morgan fingerprint density at radius 1 is 0.946 bits per heavy atom. The molecule has 8 heteroatoms. The summed E-state index contributed by atoms with van der Waals surface area (Å²) in [6, 6.07) is 27.2. The number of fused-ring (bicyclic) bond motifs is 1. The molecule has 3 aromatic carbocycles. The van der Waals surface area contributed by atoms with E-state index in [1.54, 1.807) is 6.20 Å². The van der Waals surface area contributed by atoms with Crippen LogP contribution in [0, 0.1) is 6.92 Å². The highest BCUT2D eigenvalue weighted by molar-refractivity contribution is 7.92. The van der Waals surface area contributed by atoms with Crippen molar-refractivity contribution >= 4 is 26.6 Å². The molecule has 188 valence electrons. The van der Waals surface area contributed by atoms with Crippen LogP contribution in [0.4, 0.5) is 5.69 Å². The van der Waals surface area contributed by atoms with E-state index in [4.69, 9.17) is 10.7 Å². The van der Waals surface area contributed by atoms with Gasteiger partial charge in [-0.1, -0.05) is 66.7 Å². The molecular formula is C29H29N5O2S. The van der Waals surface area contributed by atoms with Crippen molar-refractivity contribution in [3.63, 3.8) is 0 Å². The van der Waals surface area contributed by atoms with E-state index in [0.29, 0.717) is 12.1 Å². The van der Waals surface area contributed by atoms with Gasteiger partial charge in [0, 0.05) is 34.8 Å². The zero-order valence-corrected chi connectivity index (χ0v) is 21.6. The summed E-state index contributed by atoms with van der Waals surface area (Å²) < 4.78 is 27.2. The minimum absolute atomic E-state index is 0.138. The Balaban J connectivity index is 1.59. The molecule has 0 aliphatic carbocycles. The lowest BCUT2D eigenvalue weighted by Gasteiger charge is -2.26. The van der Waals surface area contributed by atoms with Crippen LogP contribution < -0.4 is 10.0 Å². The van der Waals surface area contributed by atoms with Gasteiger partial charge in [-0.3, -0.25) is 14.4 Å². The van der Waals surface area contributed by atoms with Gasteiger partial charge in [-0.05, 0) is 42.7 Å². The Bertz CT molecular complexity index is 1630. The number of pyridine rings is 1. The first-order chi connectivity index (χ1) is 17.8. The summed E-state index contributed by atoms with van der Waals surface area (Å²) in [4.78, 5) is 4.77. The van der Waals surface area contributed by atoms with Gasteiger partial charge >= 0.3 is 0 Å². The fraction of sp³-hybridized carbons (Fsp3) is 0.172. The van der Waals surface area contributed by atoms with Crippen molar-refractivity contribution in [1.29, 1.82) is 0 Å². The van der Waals surface area contributed by atoms with Gasteiger partial charge in [-0.2, -0.15) is 5.10 Å². The van der Waals surface area contributed by atoms with E-state index < -0.39 is 10.0 Å². The van der Waals surface area contributed by atoms with E-state index in [-0.39, 0.29) is 12.6 Å². The third kappa shape index (κ3) is 5.40. The maximum Gasteiger partial charge on any atom is 0.232 e. The highest BCUT2D eigenvalue weighted by Gasteiger charge is 2.23. The van der Waals surface area contributed by atoms with Gasteiger partial charge in [-0.25, -0.2) is 8.42 Å². The van der Waals surface area contributed by atoms with Crippen LogP contribution in [0.25, 0.3) is 33.3 Å². The molecule has 5 aromatic rings. The van der Waals surface area contributed by atoms with Crippen LogP contribution in [0.15, 0.2) is 91.1 Å². The highest BCUT2D eigenvalue weighted by Crippen LogP contribution is 2.35. The minimum Gasteiger partial charge on any atom is -0.326 e. The summed E-state index contributed by atoms with van der Waals surface area (Å²) in [5.74, 6) is 0. The molecule has 0 aliphatic heterocycles. The summed E-state index contributed by atoms with van der Waals surface area (Å²) in [5.41, 5.74) is 13.3. The Hall–Kier alpha value is -4.01. The summed E-state index contributed by atoms with van der Waals surface area (Å²) in [6.45, 7) is 2.12. The average molecular weight is 512 g/mol. The number of anilines is 1. The predicted molar refractivity (Wildman–Crippen MR) is 150 cm³/mol. The third-order valence-electron chi connectivity index (χ3n) is 6.41. The topological polar surface area (TPSA) is 105 Å². The molecule has 37 heavy (non-hydrogen) atoms. The first-order valence-electron chi connectivity index (χ1n) is 12.1. The van der Waals surface area contributed by atoms with Crippen molar-refractivity contribution in [3.8, 4) is 22.4 Å². The summed E-state index contributed by atoms with van der Waals surface area (Å²) in [5, 5.41) is 8.37. The quantitative estimate of drug-likeness (QED) is 0.307. The van der Waals surface area contributed by atoms with Gasteiger partial charge in [-0.15, -0.1) is 0 Å². The Labute approximate surface area is 217 Å². The number of aromatic amines is 1. The Kier molecular flexibility index (Phi) is 6.78. The van der Waals surface area contributed by atoms with Crippen LogP contribution in [-0.2, 0) is 16.4 Å². The third-order valence-corrected chi connectivity index (χ3v) is 7.57. The van der Waals surface area contributed by atoms with Crippen LogP contribution in [0.5, 0.6) is 0 Å². The number of rotatable bonds is 8. The number of benzene rings is 3. The monoisotopic (exact) mass is 511 g/mol. The Morgan fingerprint density at radius 3 is 2.35 bits per heavy atom. The van der Waals surface area contributed by atoms with Crippen LogP contribution in [0.3, 0.4) is 0 Å². The number of hydrogen-bond acceptors (Lipinski definition) is 5. The Morgan fingerprint density at radius 2 is 1.65 bits per heavy atom. The molecule has 0 amide bonds. The number of aryl methyl sites for hydroxylation is 1. The highest BCUT2D eigenvalue weighted by atomic mass is 32.2. The van der Waals surface area contributed by atoms with E-state index >= 15 is 0 Å². The molecule has 0 fully saturated rings. The number of nitrogens with zero attached hydrogens (tertiary/aromatic N) is 3. The second kappa shape index (κ2) is 10.2. The number of hydrogen-bond donors (Lipinski definition) is 2. The number of aromatic nitrogens is 3. The van der Waals surface area contributed by atoms with Gasteiger partial charge in [0.1, 0.15) is 0 Å². The summed E-state index contributed by atoms with van der Waals surface area (Å²) in [6.07, 6.45) is 3.38. The molecule has 2 heterocycles. The average Bonchev–Trinajstić information content (AvgIpc) is 3.27. The first-order valence-corrected chi connectivity index (χ1v) is 13.9. The molecule has 5 rings (SSSR count). The van der Waals surface area contributed by atoms with Crippen LogP contribution in [0.1, 0.15) is 11.3 Å². The maximum atomic E-state index is 12.9. The second-order valence-electron chi connectivity index (χ2n) is 9.28. The molecule has 0 saturated carbocycles. The summed E-state index contributed by atoms with van der Waals surface area (Å²) in [7, 11) is -3.62. The molecular weight excluding hydrogens is 482 g/mol. The van der Waals surface area contributed by atoms with Crippen molar-refractivity contribution in [1.82, 2.24) is 15.2 Å². The number of nitrogens with two attached hydrogens (primary N) is 1. The molecule has 0 radical (unpaired) electrons. The van der Waals surface area contributed by atoms with Gasteiger partial charge < -0.3 is 5.73 Å². The molecule has 3 N–H and O–H groups in total. The zero-order valence-electron chi connectivity index (χ0n) is 20.8. The van der Waals surface area contributed by atoms with E-state index in [2.05, 4.69) is 16.3 Å². The number of nitrogens with one attached hydrogen (secondary N) is 1. The van der Waals surface area contributed by atoms with Crippen LogP contribution in [-0.4, -0.2) is 42.4 Å². The van der Waals surface area contributed by atoms with Crippen molar-refractivity contribution in [3.05, 3.63) is 102 Å². The van der Waals surface area contributed by atoms with Crippen LogP contribution >= 0.6 is 0 Å². The van der Waals surface area contributed by atoms with E-state index in [1.807, 2.05) is 85.8 Å². The van der Waals surface area contributed by atoms with Crippen molar-refractivity contribution in [2.45, 2.75) is 19.4 Å². The number of H-pyrrole nitrogens is 1. The van der Waals surface area contributed by atoms with Gasteiger partial charge in [0.15, 0.2) is 0 Å². The van der Waals surface area contributed by atoms with Crippen molar-refractivity contribution in [2.24, 2.45) is 5.73 Å². The SMILES string of the molecule is Cc1[nH]nc2ccc(-c3cc(N(C[C@H](N)Cc4ccccc4)S(C)(=O)=O)cnc3-c3ccccc3)cc12. The molecule has 2 aromatic heterocycles. The molecule has 0 bridgehead atoms. The zero-order chi connectivity index (χ0) is 26.0. The first kappa shape index (κ1) is 24.7. The van der Waals surface area contributed by atoms with Crippen molar-refractivity contribution < 1.29 is 8.42 Å². The van der Waals surface area contributed by atoms with E-state index in [0.717, 1.165) is 44.5 Å². The fourth-order valence-electron chi connectivity index (χ4n) is 4.57. The maximum absolute atomic E-state index is 12.9. The van der Waals surface area contributed by atoms with E-state index in [1.165, 1.54) is 10.6 Å². The smallest absolute Gasteiger partial charge is 0.232 e. The normalized spacial score (nSPS) is 12.5. The van der Waals surface area contributed by atoms with Crippen LogP contribution in [0.2, 0.25) is 0 Å². The standard InChI is InChI=1S/C29H29N5O2S/c1-20-26-16-23(13-14-28(26)33-32-20)27-17-25(18-31-29(27)22-11-7-4-8-12-22)34(37(2,35)36)19-24(30)15-21-9-5-3-6-10-21/h3-14,16-18,24H,15,19,30H2,1-2H3,(H,32,33)/t24-/m1/s1. The number of sulfonamides is 1. The molecule has 7 nitrogen and oxygen atoms in total. The molecule has 0 aliphatic rings. The molecule has 0 spiro atoms. The predicted octanol–water partition coefficient (Wildman–Crippen LogP) is 4.94. The molecule has 1 atom stereocenters. The molecule has 0 unspecified atom stereocenters. The molecule has 0 saturated heterocycles. The minimum atomic E-state index is -3.62. The lowest BCUT2D eigenvalue weighted by Crippen LogP contribution is -2.42.